The summed E-state index contributed by atoms with van der Waals surface area (Å²) in [4.78, 5) is 0.350. The van der Waals surface area contributed by atoms with Crippen molar-refractivity contribution in [3.8, 4) is 0 Å². The van der Waals surface area contributed by atoms with E-state index >= 15 is 0 Å². The average Bonchev–Trinajstić information content (AvgIpc) is 3.32. The van der Waals surface area contributed by atoms with Gasteiger partial charge in [-0.3, -0.25) is 0 Å². The molecule has 0 radical (unpaired) electrons. The highest BCUT2D eigenvalue weighted by atomic mass is 32.2. The first-order chi connectivity index (χ1) is 11.6. The summed E-state index contributed by atoms with van der Waals surface area (Å²) in [6, 6.07) is 18.4. The number of nitrogens with two attached hydrogens (primary N) is 1. The second-order valence-corrected chi connectivity index (χ2v) is 8.31. The molecule has 0 spiro atoms. The lowest BCUT2D eigenvalue weighted by Crippen LogP contribution is -2.29. The quantitative estimate of drug-likeness (QED) is 0.837. The summed E-state index contributed by atoms with van der Waals surface area (Å²) in [7, 11) is -3.47. The molecule has 24 heavy (non-hydrogen) atoms. The van der Waals surface area contributed by atoms with Crippen LogP contribution in [0.4, 0.5) is 0 Å². The van der Waals surface area contributed by atoms with Gasteiger partial charge in [-0.05, 0) is 24.6 Å². The van der Waals surface area contributed by atoms with Gasteiger partial charge in [0.1, 0.15) is 0 Å². The first kappa shape index (κ1) is 17.1. The van der Waals surface area contributed by atoms with Gasteiger partial charge in [-0.25, -0.2) is 8.42 Å². The number of ether oxygens (including phenoxy) is 1. The zero-order valence-electron chi connectivity index (χ0n) is 13.8. The van der Waals surface area contributed by atoms with Crippen molar-refractivity contribution in [2.45, 2.75) is 23.0 Å². The van der Waals surface area contributed by atoms with E-state index in [4.69, 9.17) is 10.5 Å². The van der Waals surface area contributed by atoms with Gasteiger partial charge in [0, 0.05) is 24.5 Å². The van der Waals surface area contributed by atoms with Crippen molar-refractivity contribution in [1.29, 1.82) is 0 Å². The van der Waals surface area contributed by atoms with Crippen LogP contribution in [0.15, 0.2) is 65.6 Å². The largest absolute Gasteiger partial charge is 0.381 e. The van der Waals surface area contributed by atoms with Crippen molar-refractivity contribution in [2.24, 2.45) is 11.1 Å². The van der Waals surface area contributed by atoms with Crippen LogP contribution in [0.2, 0.25) is 0 Å². The molecule has 1 saturated carbocycles. The maximum absolute atomic E-state index is 13.2. The van der Waals surface area contributed by atoms with Gasteiger partial charge in [-0.1, -0.05) is 48.5 Å². The van der Waals surface area contributed by atoms with Crippen LogP contribution in [0, 0.1) is 5.41 Å². The van der Waals surface area contributed by atoms with Gasteiger partial charge < -0.3 is 10.5 Å². The SMILES string of the molecule is CCOC[C@@]1(CN)[C@H](c2ccccc2)[C@@H]1S(=O)(=O)c1ccccc1. The number of hydrogen-bond acceptors (Lipinski definition) is 4. The highest BCUT2D eigenvalue weighted by Gasteiger charge is 2.70. The van der Waals surface area contributed by atoms with E-state index in [0.29, 0.717) is 18.1 Å². The molecular weight excluding hydrogens is 322 g/mol. The fourth-order valence-corrected chi connectivity index (χ4v) is 6.10. The molecule has 5 heteroatoms. The second kappa shape index (κ2) is 6.67. The van der Waals surface area contributed by atoms with Gasteiger partial charge in [0.15, 0.2) is 9.84 Å². The molecule has 2 aromatic rings. The Hall–Kier alpha value is -1.69. The van der Waals surface area contributed by atoms with Crippen LogP contribution in [0.25, 0.3) is 0 Å². The minimum absolute atomic E-state index is 0.138. The monoisotopic (exact) mass is 345 g/mol. The van der Waals surface area contributed by atoms with E-state index in [-0.39, 0.29) is 12.5 Å². The van der Waals surface area contributed by atoms with Crippen molar-refractivity contribution >= 4 is 9.84 Å². The van der Waals surface area contributed by atoms with Crippen LogP contribution in [0.5, 0.6) is 0 Å². The number of hydrogen-bond donors (Lipinski definition) is 1. The fraction of sp³-hybridized carbons (Fsp3) is 0.368. The highest BCUT2D eigenvalue weighted by Crippen LogP contribution is 2.63. The molecule has 1 aliphatic rings. The Labute approximate surface area is 143 Å². The van der Waals surface area contributed by atoms with Gasteiger partial charge in [0.2, 0.25) is 0 Å². The van der Waals surface area contributed by atoms with Crippen LogP contribution in [-0.2, 0) is 14.6 Å². The van der Waals surface area contributed by atoms with E-state index in [1.807, 2.05) is 43.3 Å². The Morgan fingerprint density at radius 1 is 1.04 bits per heavy atom. The fourth-order valence-electron chi connectivity index (χ4n) is 3.63. The number of benzene rings is 2. The van der Waals surface area contributed by atoms with Gasteiger partial charge in [-0.15, -0.1) is 0 Å². The van der Waals surface area contributed by atoms with E-state index in [9.17, 15) is 8.42 Å². The molecule has 0 aromatic heterocycles. The normalized spacial score (nSPS) is 26.2. The molecule has 3 rings (SSSR count). The first-order valence-electron chi connectivity index (χ1n) is 8.19. The maximum atomic E-state index is 13.2. The molecular formula is C19H23NO3S. The van der Waals surface area contributed by atoms with Crippen LogP contribution in [0.3, 0.4) is 0 Å². The molecule has 0 amide bonds. The maximum Gasteiger partial charge on any atom is 0.182 e. The lowest BCUT2D eigenvalue weighted by atomic mass is 10.0. The summed E-state index contributed by atoms with van der Waals surface area (Å²) in [6.45, 7) is 3.09. The predicted octanol–water partition coefficient (Wildman–Crippen LogP) is 2.61. The van der Waals surface area contributed by atoms with Gasteiger partial charge in [0.25, 0.3) is 0 Å². The van der Waals surface area contributed by atoms with Gasteiger partial charge >= 0.3 is 0 Å². The molecule has 1 fully saturated rings. The standard InChI is InChI=1S/C19H23NO3S/c1-2-23-14-19(13-20)17(15-9-5-3-6-10-15)18(19)24(21,22)16-11-7-4-8-12-16/h3-12,17-18H,2,13-14,20H2,1H3/t17-,18+,19+/m1/s1. The molecule has 4 nitrogen and oxygen atoms in total. The smallest absolute Gasteiger partial charge is 0.182 e. The lowest BCUT2D eigenvalue weighted by molar-refractivity contribution is 0.101. The third-order valence-corrected chi connectivity index (χ3v) is 7.24. The number of sulfone groups is 1. The summed E-state index contributed by atoms with van der Waals surface area (Å²) in [5, 5.41) is -0.550. The topological polar surface area (TPSA) is 69.4 Å². The lowest BCUT2D eigenvalue weighted by Gasteiger charge is -2.16. The minimum Gasteiger partial charge on any atom is -0.381 e. The third-order valence-electron chi connectivity index (χ3n) is 4.90. The molecule has 2 aromatic carbocycles. The Morgan fingerprint density at radius 3 is 2.17 bits per heavy atom. The zero-order valence-corrected chi connectivity index (χ0v) is 14.6. The Morgan fingerprint density at radius 2 is 1.62 bits per heavy atom. The summed E-state index contributed by atoms with van der Waals surface area (Å²) in [5.41, 5.74) is 6.50. The Balaban J connectivity index is 2.03. The zero-order chi connectivity index (χ0) is 17.2. The molecule has 0 unspecified atom stereocenters. The van der Waals surface area contributed by atoms with Gasteiger partial charge in [0.05, 0.1) is 16.8 Å². The molecule has 0 bridgehead atoms. The van der Waals surface area contributed by atoms with E-state index < -0.39 is 20.5 Å². The van der Waals surface area contributed by atoms with Crippen molar-refractivity contribution in [2.75, 3.05) is 19.8 Å². The molecule has 0 aliphatic heterocycles. The third kappa shape index (κ3) is 2.77. The number of rotatable bonds is 7. The summed E-state index contributed by atoms with van der Waals surface area (Å²) in [5.74, 6) is -0.138. The van der Waals surface area contributed by atoms with Gasteiger partial charge in [-0.2, -0.15) is 0 Å². The Bertz CT molecular complexity index is 777. The molecule has 1 aliphatic carbocycles. The molecule has 0 heterocycles. The highest BCUT2D eigenvalue weighted by molar-refractivity contribution is 7.92. The molecule has 0 saturated heterocycles. The predicted molar refractivity (Wildman–Crippen MR) is 94.6 cm³/mol. The molecule has 128 valence electrons. The molecule has 2 N–H and O–H groups in total. The van der Waals surface area contributed by atoms with Crippen LogP contribution in [-0.4, -0.2) is 33.4 Å². The first-order valence-corrected chi connectivity index (χ1v) is 9.74. The summed E-state index contributed by atoms with van der Waals surface area (Å²) < 4.78 is 32.0. The van der Waals surface area contributed by atoms with Crippen molar-refractivity contribution in [1.82, 2.24) is 0 Å². The Kier molecular flexibility index (Phi) is 4.76. The van der Waals surface area contributed by atoms with Crippen molar-refractivity contribution in [3.63, 3.8) is 0 Å². The summed E-state index contributed by atoms with van der Waals surface area (Å²) in [6.07, 6.45) is 0. The summed E-state index contributed by atoms with van der Waals surface area (Å²) >= 11 is 0. The van der Waals surface area contributed by atoms with Crippen LogP contribution < -0.4 is 5.73 Å². The van der Waals surface area contributed by atoms with Crippen molar-refractivity contribution < 1.29 is 13.2 Å². The van der Waals surface area contributed by atoms with E-state index in [2.05, 4.69) is 0 Å². The second-order valence-electron chi connectivity index (χ2n) is 6.24. The van der Waals surface area contributed by atoms with E-state index in [0.717, 1.165) is 5.56 Å². The minimum atomic E-state index is -3.47. The van der Waals surface area contributed by atoms with Crippen molar-refractivity contribution in [3.05, 3.63) is 66.2 Å². The average molecular weight is 345 g/mol. The van der Waals surface area contributed by atoms with Crippen LogP contribution >= 0.6 is 0 Å². The van der Waals surface area contributed by atoms with Crippen LogP contribution in [0.1, 0.15) is 18.4 Å². The van der Waals surface area contributed by atoms with E-state index in [1.54, 1.807) is 24.3 Å². The van der Waals surface area contributed by atoms with E-state index in [1.165, 1.54) is 0 Å². The molecule has 3 atom stereocenters.